The number of hydrogen-bond donors (Lipinski definition) is 0. The fraction of sp³-hybridized carbons (Fsp3) is 0.182. The Morgan fingerprint density at radius 2 is 2.08 bits per heavy atom. The summed E-state index contributed by atoms with van der Waals surface area (Å²) in [4.78, 5) is 0. The van der Waals surface area contributed by atoms with Crippen molar-refractivity contribution in [3.63, 3.8) is 0 Å². The maximum atomic E-state index is 3.72. The minimum absolute atomic E-state index is 0. The maximum Gasteiger partial charge on any atom is 0.178 e. The molecule has 0 amide bonds. The van der Waals surface area contributed by atoms with Crippen LogP contribution in [0.15, 0.2) is 37.6 Å². The minimum atomic E-state index is 0. The summed E-state index contributed by atoms with van der Waals surface area (Å²) in [6, 6.07) is 4.14. The Hall–Kier alpha value is -0.890. The van der Waals surface area contributed by atoms with Gasteiger partial charge in [-0.25, -0.2) is 0 Å². The highest BCUT2D eigenvalue weighted by molar-refractivity contribution is 8.93. The van der Waals surface area contributed by atoms with Crippen molar-refractivity contribution in [2.75, 3.05) is 0 Å². The van der Waals surface area contributed by atoms with Crippen LogP contribution in [0.2, 0.25) is 0 Å². The van der Waals surface area contributed by atoms with E-state index < -0.39 is 0 Å². The number of hydrogen-bond acceptors (Lipinski definition) is 0. The maximum absolute atomic E-state index is 3.72. The summed E-state index contributed by atoms with van der Waals surface area (Å²) in [5, 5.41) is 0. The summed E-state index contributed by atoms with van der Waals surface area (Å²) in [6.07, 6.45) is 5.81. The van der Waals surface area contributed by atoms with E-state index in [2.05, 4.69) is 43.0 Å². The van der Waals surface area contributed by atoms with E-state index in [1.54, 1.807) is 0 Å². The summed E-state index contributed by atoms with van der Waals surface area (Å²) < 4.78 is 2.14. The lowest BCUT2D eigenvalue weighted by atomic mass is 10.2. The van der Waals surface area contributed by atoms with Gasteiger partial charge in [0.1, 0.15) is 0 Å². The predicted molar refractivity (Wildman–Crippen MR) is 62.0 cm³/mol. The van der Waals surface area contributed by atoms with Gasteiger partial charge >= 0.3 is 0 Å². The smallest absolute Gasteiger partial charge is 0.178 e. The summed E-state index contributed by atoms with van der Waals surface area (Å²) in [6.45, 7) is 10.4. The van der Waals surface area contributed by atoms with Crippen LogP contribution in [0.1, 0.15) is 11.3 Å². The molecule has 0 radical (unpaired) electrons. The third kappa shape index (κ3) is 3.15. The first-order chi connectivity index (χ1) is 5.77. The SMILES string of the molecule is Br.C=CC[n+]1cc(C=C)ccc1C. The van der Waals surface area contributed by atoms with Crippen LogP contribution in [0, 0.1) is 6.92 Å². The molecule has 13 heavy (non-hydrogen) atoms. The fourth-order valence-electron chi connectivity index (χ4n) is 1.09. The molecule has 2 heteroatoms. The van der Waals surface area contributed by atoms with Crippen molar-refractivity contribution in [3.05, 3.63) is 48.8 Å². The van der Waals surface area contributed by atoms with Gasteiger partial charge in [-0.15, -0.1) is 17.0 Å². The molecule has 0 aliphatic carbocycles. The molecule has 0 bridgehead atoms. The van der Waals surface area contributed by atoms with E-state index in [-0.39, 0.29) is 17.0 Å². The molecule has 0 aliphatic heterocycles. The largest absolute Gasteiger partial charge is 0.198 e. The molecule has 1 rings (SSSR count). The zero-order valence-corrected chi connectivity index (χ0v) is 9.58. The van der Waals surface area contributed by atoms with Crippen LogP contribution in [-0.4, -0.2) is 0 Å². The van der Waals surface area contributed by atoms with Crippen molar-refractivity contribution < 1.29 is 4.57 Å². The molecule has 0 saturated heterocycles. The van der Waals surface area contributed by atoms with E-state index in [0.717, 1.165) is 12.1 Å². The molecule has 0 N–H and O–H groups in total. The Kier molecular flexibility index (Phi) is 5.31. The molecule has 0 aromatic carbocycles. The molecule has 0 atom stereocenters. The van der Waals surface area contributed by atoms with E-state index in [9.17, 15) is 0 Å². The quantitative estimate of drug-likeness (QED) is 0.565. The molecule has 1 heterocycles. The van der Waals surface area contributed by atoms with Gasteiger partial charge in [0, 0.05) is 18.6 Å². The lowest BCUT2D eigenvalue weighted by Gasteiger charge is -1.97. The van der Waals surface area contributed by atoms with Crippen LogP contribution in [0.5, 0.6) is 0 Å². The highest BCUT2D eigenvalue weighted by atomic mass is 79.9. The molecule has 0 spiro atoms. The number of halogens is 1. The Labute approximate surface area is 90.2 Å². The zero-order valence-electron chi connectivity index (χ0n) is 7.86. The van der Waals surface area contributed by atoms with Crippen molar-refractivity contribution in [1.82, 2.24) is 0 Å². The van der Waals surface area contributed by atoms with Crippen molar-refractivity contribution in [2.24, 2.45) is 0 Å². The van der Waals surface area contributed by atoms with Crippen molar-refractivity contribution in [2.45, 2.75) is 13.5 Å². The van der Waals surface area contributed by atoms with Gasteiger partial charge in [0.05, 0.1) is 0 Å². The summed E-state index contributed by atoms with van der Waals surface area (Å²) in [7, 11) is 0. The molecule has 1 nitrogen and oxygen atoms in total. The molecular weight excluding hydrogens is 226 g/mol. The van der Waals surface area contributed by atoms with E-state index >= 15 is 0 Å². The summed E-state index contributed by atoms with van der Waals surface area (Å²) in [5.74, 6) is 0. The van der Waals surface area contributed by atoms with E-state index in [0.29, 0.717) is 0 Å². The average molecular weight is 241 g/mol. The summed E-state index contributed by atoms with van der Waals surface area (Å²) in [5.41, 5.74) is 2.38. The van der Waals surface area contributed by atoms with Crippen molar-refractivity contribution >= 4 is 23.1 Å². The highest BCUT2D eigenvalue weighted by Crippen LogP contribution is 1.98. The molecule has 1 aromatic heterocycles. The van der Waals surface area contributed by atoms with Gasteiger partial charge in [-0.3, -0.25) is 0 Å². The Bertz CT molecular complexity index is 305. The average Bonchev–Trinajstić information content (AvgIpc) is 2.09. The molecular formula is C11H15BrN+. The molecule has 0 saturated carbocycles. The molecule has 0 fully saturated rings. The number of allylic oxidation sites excluding steroid dienone is 1. The molecule has 70 valence electrons. The second-order valence-electron chi connectivity index (χ2n) is 2.75. The fourth-order valence-corrected chi connectivity index (χ4v) is 1.09. The Morgan fingerprint density at radius 3 is 2.62 bits per heavy atom. The number of aryl methyl sites for hydroxylation is 1. The molecule has 0 aliphatic rings. The second kappa shape index (κ2) is 5.70. The topological polar surface area (TPSA) is 3.88 Å². The van der Waals surface area contributed by atoms with Crippen molar-refractivity contribution in [3.8, 4) is 0 Å². The number of nitrogens with zero attached hydrogens (tertiary/aromatic N) is 1. The van der Waals surface area contributed by atoms with Crippen LogP contribution in [-0.2, 0) is 6.54 Å². The van der Waals surface area contributed by atoms with Crippen LogP contribution >= 0.6 is 17.0 Å². The van der Waals surface area contributed by atoms with E-state index in [4.69, 9.17) is 0 Å². The number of pyridine rings is 1. The van der Waals surface area contributed by atoms with Gasteiger partial charge in [0.25, 0.3) is 0 Å². The number of rotatable bonds is 3. The number of aromatic nitrogens is 1. The first kappa shape index (κ1) is 12.1. The first-order valence-corrected chi connectivity index (χ1v) is 4.01. The van der Waals surface area contributed by atoms with Crippen LogP contribution in [0.3, 0.4) is 0 Å². The third-order valence-electron chi connectivity index (χ3n) is 1.84. The Morgan fingerprint density at radius 1 is 1.38 bits per heavy atom. The van der Waals surface area contributed by atoms with Crippen LogP contribution in [0.4, 0.5) is 0 Å². The van der Waals surface area contributed by atoms with Crippen LogP contribution < -0.4 is 4.57 Å². The van der Waals surface area contributed by atoms with Gasteiger partial charge in [0.15, 0.2) is 18.4 Å². The third-order valence-corrected chi connectivity index (χ3v) is 1.84. The zero-order chi connectivity index (χ0) is 8.97. The lowest BCUT2D eigenvalue weighted by molar-refractivity contribution is -0.693. The summed E-state index contributed by atoms with van der Waals surface area (Å²) >= 11 is 0. The predicted octanol–water partition coefficient (Wildman–Crippen LogP) is 2.69. The normalized spacial score (nSPS) is 8.69. The Balaban J connectivity index is 0.00000144. The highest BCUT2D eigenvalue weighted by Gasteiger charge is 2.02. The molecule has 1 aromatic rings. The van der Waals surface area contributed by atoms with Gasteiger partial charge in [-0.2, -0.15) is 4.57 Å². The minimum Gasteiger partial charge on any atom is -0.198 e. The van der Waals surface area contributed by atoms with Gasteiger partial charge in [-0.1, -0.05) is 19.2 Å². The van der Waals surface area contributed by atoms with Gasteiger partial charge in [0.2, 0.25) is 0 Å². The van der Waals surface area contributed by atoms with Gasteiger partial charge in [-0.05, 0) is 12.1 Å². The van der Waals surface area contributed by atoms with Crippen LogP contribution in [0.25, 0.3) is 6.08 Å². The first-order valence-electron chi connectivity index (χ1n) is 4.01. The van der Waals surface area contributed by atoms with Gasteiger partial charge < -0.3 is 0 Å². The lowest BCUT2D eigenvalue weighted by Crippen LogP contribution is -2.35. The molecule has 0 unspecified atom stereocenters. The van der Waals surface area contributed by atoms with Crippen molar-refractivity contribution in [1.29, 1.82) is 0 Å². The van der Waals surface area contributed by atoms with E-state index in [1.807, 2.05) is 12.2 Å². The monoisotopic (exact) mass is 240 g/mol. The van der Waals surface area contributed by atoms with E-state index in [1.165, 1.54) is 5.69 Å². The standard InChI is InChI=1S/C11H14N.BrH/c1-4-8-12-9-11(5-2)7-6-10(12)3;/h4-7,9H,1-2,8H2,3H3;1H/q+1;. The second-order valence-corrected chi connectivity index (χ2v) is 2.75.